The van der Waals surface area contributed by atoms with Gasteiger partial charge in [-0.25, -0.2) is 0 Å². The molecule has 2 aliphatic carbocycles. The Morgan fingerprint density at radius 1 is 1.38 bits per heavy atom. The summed E-state index contributed by atoms with van der Waals surface area (Å²) in [5.74, 6) is -3.09. The van der Waals surface area contributed by atoms with Gasteiger partial charge in [-0.2, -0.15) is 13.2 Å². The van der Waals surface area contributed by atoms with E-state index in [1.165, 1.54) is 14.0 Å². The number of rotatable bonds is 5. The molecule has 1 amide bonds. The van der Waals surface area contributed by atoms with Crippen LogP contribution in [0.15, 0.2) is 29.3 Å². The van der Waals surface area contributed by atoms with E-state index in [0.29, 0.717) is 12.1 Å². The fourth-order valence-corrected chi connectivity index (χ4v) is 4.20. The Morgan fingerprint density at radius 3 is 2.73 bits per heavy atom. The number of carbonyl (C=O) groups excluding carboxylic acids is 2. The molecule has 9 heteroatoms. The third-order valence-electron chi connectivity index (χ3n) is 5.17. The van der Waals surface area contributed by atoms with Gasteiger partial charge in [-0.3, -0.25) is 14.6 Å². The van der Waals surface area contributed by atoms with E-state index in [4.69, 9.17) is 9.47 Å². The van der Waals surface area contributed by atoms with Crippen molar-refractivity contribution in [3.05, 3.63) is 24.3 Å². The highest BCUT2D eigenvalue weighted by Gasteiger charge is 2.69. The second kappa shape index (κ2) is 6.22. The van der Waals surface area contributed by atoms with Gasteiger partial charge < -0.3 is 14.8 Å². The number of hydrogen-bond acceptors (Lipinski definition) is 5. The van der Waals surface area contributed by atoms with Crippen molar-refractivity contribution in [2.75, 3.05) is 13.7 Å². The molecule has 142 valence electrons. The Bertz CT molecular complexity index is 715. The summed E-state index contributed by atoms with van der Waals surface area (Å²) in [6, 6.07) is 0. The topological polar surface area (TPSA) is 77.0 Å². The van der Waals surface area contributed by atoms with Gasteiger partial charge in [0.15, 0.2) is 0 Å². The average molecular weight is 372 g/mol. The number of fused-ring (bicyclic) bond motifs is 3. The van der Waals surface area contributed by atoms with E-state index in [-0.39, 0.29) is 18.9 Å². The maximum absolute atomic E-state index is 12.8. The SMILES string of the molecule is CO[C@]12C=CC=CC1=N[C@@]1(NC(=O)C(F)(F)F)C[C@H](CCOC(C)=O)[C@H]12. The zero-order chi connectivity index (χ0) is 19.2. The number of methoxy groups -OCH3 is 1. The monoisotopic (exact) mass is 372 g/mol. The summed E-state index contributed by atoms with van der Waals surface area (Å²) in [5, 5.41) is 2.07. The zero-order valence-corrected chi connectivity index (χ0v) is 14.3. The minimum Gasteiger partial charge on any atom is -0.466 e. The molecule has 1 aliphatic heterocycles. The summed E-state index contributed by atoms with van der Waals surface area (Å²) >= 11 is 0. The first-order chi connectivity index (χ1) is 12.1. The minimum absolute atomic E-state index is 0.125. The standard InChI is InChI=1S/C17H19F3N2O4/c1-10(23)26-8-6-11-9-16(22-14(24)17(18,19)20)13(11)15(25-2)7-4-3-5-12(15)21-16/h3-5,7,11,13H,6,8-9H2,1-2H3,(H,22,24)/t11-,13-,15+,16+/m0/s1. The van der Waals surface area contributed by atoms with E-state index in [9.17, 15) is 22.8 Å². The molecular weight excluding hydrogens is 353 g/mol. The zero-order valence-electron chi connectivity index (χ0n) is 14.3. The number of carbonyl (C=O) groups is 2. The Labute approximate surface area is 148 Å². The average Bonchev–Trinajstić information content (AvgIpc) is 2.75. The van der Waals surface area contributed by atoms with Crippen LogP contribution in [0.25, 0.3) is 0 Å². The lowest BCUT2D eigenvalue weighted by atomic mass is 9.57. The predicted molar refractivity (Wildman–Crippen MR) is 85.2 cm³/mol. The Hall–Kier alpha value is -2.16. The number of hydrogen-bond donors (Lipinski definition) is 1. The summed E-state index contributed by atoms with van der Waals surface area (Å²) in [4.78, 5) is 26.9. The van der Waals surface area contributed by atoms with Crippen molar-refractivity contribution in [1.82, 2.24) is 5.32 Å². The van der Waals surface area contributed by atoms with Crippen LogP contribution in [0, 0.1) is 11.8 Å². The van der Waals surface area contributed by atoms with Gasteiger partial charge in [0.2, 0.25) is 0 Å². The van der Waals surface area contributed by atoms with Crippen LogP contribution in [0.1, 0.15) is 19.8 Å². The number of halogens is 3. The summed E-state index contributed by atoms with van der Waals surface area (Å²) in [7, 11) is 1.46. The molecule has 1 heterocycles. The molecule has 1 N–H and O–H groups in total. The molecule has 0 saturated heterocycles. The van der Waals surface area contributed by atoms with E-state index in [1.807, 2.05) is 0 Å². The molecule has 26 heavy (non-hydrogen) atoms. The van der Waals surface area contributed by atoms with Crippen LogP contribution in [-0.2, 0) is 19.1 Å². The first-order valence-corrected chi connectivity index (χ1v) is 8.19. The van der Waals surface area contributed by atoms with Gasteiger partial charge in [0.05, 0.1) is 12.3 Å². The number of nitrogens with zero attached hydrogens (tertiary/aromatic N) is 1. The molecule has 1 fully saturated rings. The molecule has 0 aromatic carbocycles. The largest absolute Gasteiger partial charge is 0.471 e. The van der Waals surface area contributed by atoms with Crippen LogP contribution in [0.3, 0.4) is 0 Å². The van der Waals surface area contributed by atoms with Crippen LogP contribution in [0.4, 0.5) is 13.2 Å². The van der Waals surface area contributed by atoms with Crippen molar-refractivity contribution >= 4 is 17.6 Å². The third kappa shape index (κ3) is 2.84. The molecule has 1 saturated carbocycles. The first kappa shape index (κ1) is 18.6. The summed E-state index contributed by atoms with van der Waals surface area (Å²) in [5.41, 5.74) is -1.91. The van der Waals surface area contributed by atoms with Crippen LogP contribution in [-0.4, -0.2) is 48.7 Å². The molecule has 3 rings (SSSR count). The second-order valence-corrected chi connectivity index (χ2v) is 6.66. The van der Waals surface area contributed by atoms with Crippen molar-refractivity contribution in [1.29, 1.82) is 0 Å². The lowest BCUT2D eigenvalue weighted by molar-refractivity contribution is -0.181. The van der Waals surface area contributed by atoms with Crippen molar-refractivity contribution in [2.24, 2.45) is 16.8 Å². The molecule has 0 radical (unpaired) electrons. The first-order valence-electron chi connectivity index (χ1n) is 8.19. The fraction of sp³-hybridized carbons (Fsp3) is 0.588. The molecule has 4 atom stereocenters. The number of aliphatic imine (C=N–C) groups is 1. The second-order valence-electron chi connectivity index (χ2n) is 6.66. The lowest BCUT2D eigenvalue weighted by Crippen LogP contribution is -2.68. The van der Waals surface area contributed by atoms with Gasteiger partial charge >= 0.3 is 18.1 Å². The van der Waals surface area contributed by atoms with Gasteiger partial charge in [0, 0.05) is 20.0 Å². The number of amides is 1. The molecular formula is C17H19F3N2O4. The summed E-state index contributed by atoms with van der Waals surface area (Å²) in [6.07, 6.45) is 2.54. The van der Waals surface area contributed by atoms with Gasteiger partial charge in [-0.15, -0.1) is 0 Å². The number of alkyl halides is 3. The lowest BCUT2D eigenvalue weighted by Gasteiger charge is -2.54. The van der Waals surface area contributed by atoms with E-state index < -0.39 is 35.2 Å². The fourth-order valence-electron chi connectivity index (χ4n) is 4.20. The minimum atomic E-state index is -5.00. The number of allylic oxidation sites excluding steroid dienone is 2. The molecule has 3 aliphatic rings. The van der Waals surface area contributed by atoms with Crippen LogP contribution < -0.4 is 5.32 Å². The molecule has 6 nitrogen and oxygen atoms in total. The van der Waals surface area contributed by atoms with Gasteiger partial charge in [-0.1, -0.05) is 12.2 Å². The van der Waals surface area contributed by atoms with Crippen LogP contribution >= 0.6 is 0 Å². The normalized spacial score (nSPS) is 34.4. The van der Waals surface area contributed by atoms with Gasteiger partial charge in [-0.05, 0) is 30.9 Å². The van der Waals surface area contributed by atoms with Crippen molar-refractivity contribution in [3.8, 4) is 0 Å². The van der Waals surface area contributed by atoms with E-state index in [1.54, 1.807) is 24.3 Å². The van der Waals surface area contributed by atoms with Gasteiger partial charge in [0.25, 0.3) is 0 Å². The Balaban J connectivity index is 1.88. The molecule has 0 aromatic rings. The quantitative estimate of drug-likeness (QED) is 0.748. The number of ether oxygens (including phenoxy) is 2. The molecule has 0 bridgehead atoms. The maximum Gasteiger partial charge on any atom is 0.471 e. The molecule has 0 spiro atoms. The molecule has 0 unspecified atom stereocenters. The van der Waals surface area contributed by atoms with Crippen LogP contribution in [0.2, 0.25) is 0 Å². The Kier molecular flexibility index (Phi) is 4.46. The van der Waals surface area contributed by atoms with Crippen molar-refractivity contribution < 1.29 is 32.2 Å². The molecule has 0 aromatic heterocycles. The smallest absolute Gasteiger partial charge is 0.466 e. The Morgan fingerprint density at radius 2 is 2.12 bits per heavy atom. The highest BCUT2D eigenvalue weighted by Crippen LogP contribution is 2.59. The summed E-state index contributed by atoms with van der Waals surface area (Å²) < 4.78 is 49.0. The van der Waals surface area contributed by atoms with E-state index in [0.717, 1.165) is 0 Å². The highest BCUT2D eigenvalue weighted by molar-refractivity contribution is 6.07. The summed E-state index contributed by atoms with van der Waals surface area (Å²) in [6.45, 7) is 1.44. The number of esters is 1. The number of nitrogens with one attached hydrogen (secondary N) is 1. The van der Waals surface area contributed by atoms with Crippen LogP contribution in [0.5, 0.6) is 0 Å². The van der Waals surface area contributed by atoms with Gasteiger partial charge in [0.1, 0.15) is 11.3 Å². The van der Waals surface area contributed by atoms with Crippen molar-refractivity contribution in [3.63, 3.8) is 0 Å². The predicted octanol–water partition coefficient (Wildman–Crippen LogP) is 1.92. The van der Waals surface area contributed by atoms with E-state index >= 15 is 0 Å². The van der Waals surface area contributed by atoms with E-state index in [2.05, 4.69) is 10.3 Å². The third-order valence-corrected chi connectivity index (χ3v) is 5.17. The van der Waals surface area contributed by atoms with Crippen molar-refractivity contribution in [2.45, 2.75) is 37.2 Å². The highest BCUT2D eigenvalue weighted by atomic mass is 19.4. The maximum atomic E-state index is 12.8.